The molecule has 0 spiro atoms. The molecule has 7 nitrogen and oxygen atoms in total. The molecule has 0 unspecified atom stereocenters. The Hall–Kier alpha value is -3.26. The first-order chi connectivity index (χ1) is 14.1. The van der Waals surface area contributed by atoms with Crippen molar-refractivity contribution in [1.82, 2.24) is 19.8 Å². The number of phenolic OH excluding ortho intramolecular Hbond substituents is 1. The van der Waals surface area contributed by atoms with Gasteiger partial charge in [-0.2, -0.15) is 0 Å². The van der Waals surface area contributed by atoms with Crippen molar-refractivity contribution in [2.75, 3.05) is 26.2 Å². The third-order valence-corrected chi connectivity index (χ3v) is 5.79. The van der Waals surface area contributed by atoms with Gasteiger partial charge in [-0.05, 0) is 24.3 Å². The number of aromatic hydroxyl groups is 1. The predicted octanol–water partition coefficient (Wildman–Crippen LogP) is 2.44. The summed E-state index contributed by atoms with van der Waals surface area (Å²) >= 11 is 1.50. The summed E-state index contributed by atoms with van der Waals surface area (Å²) in [7, 11) is 0. The number of piperazine rings is 1. The summed E-state index contributed by atoms with van der Waals surface area (Å²) in [6.45, 7) is 1.82. The number of para-hydroxylation sites is 1. The van der Waals surface area contributed by atoms with Gasteiger partial charge in [-0.15, -0.1) is 11.3 Å². The second-order valence-corrected chi connectivity index (χ2v) is 7.61. The van der Waals surface area contributed by atoms with E-state index in [0.717, 1.165) is 16.3 Å². The third kappa shape index (κ3) is 4.27. The molecule has 0 atom stereocenters. The fourth-order valence-corrected chi connectivity index (χ4v) is 4.07. The average Bonchev–Trinajstić information content (AvgIpc) is 3.23. The molecule has 1 fully saturated rings. The molecule has 8 heteroatoms. The van der Waals surface area contributed by atoms with Gasteiger partial charge in [0.15, 0.2) is 0 Å². The molecule has 2 aromatic heterocycles. The monoisotopic (exact) mass is 408 g/mol. The number of phenols is 1. The Bertz CT molecular complexity index is 1010. The first-order valence-corrected chi connectivity index (χ1v) is 10.2. The van der Waals surface area contributed by atoms with Crippen molar-refractivity contribution in [1.29, 1.82) is 0 Å². The molecular weight excluding hydrogens is 388 g/mol. The van der Waals surface area contributed by atoms with Crippen LogP contribution in [0.4, 0.5) is 0 Å². The number of carbonyl (C=O) groups excluding carboxylic acids is 2. The van der Waals surface area contributed by atoms with E-state index in [4.69, 9.17) is 0 Å². The summed E-state index contributed by atoms with van der Waals surface area (Å²) < 4.78 is 0. The van der Waals surface area contributed by atoms with E-state index in [-0.39, 0.29) is 29.5 Å². The van der Waals surface area contributed by atoms with Crippen LogP contribution in [0.1, 0.15) is 16.1 Å². The topological polar surface area (TPSA) is 86.6 Å². The molecule has 0 bridgehead atoms. The molecule has 1 aliphatic heterocycles. The van der Waals surface area contributed by atoms with Gasteiger partial charge in [-0.1, -0.05) is 12.1 Å². The molecule has 1 N–H and O–H groups in total. The zero-order valence-electron chi connectivity index (χ0n) is 15.7. The Morgan fingerprint density at radius 1 is 1.03 bits per heavy atom. The van der Waals surface area contributed by atoms with E-state index in [1.165, 1.54) is 17.4 Å². The number of rotatable bonds is 4. The second-order valence-electron chi connectivity index (χ2n) is 6.75. The number of benzene rings is 1. The van der Waals surface area contributed by atoms with Crippen LogP contribution in [0.3, 0.4) is 0 Å². The van der Waals surface area contributed by atoms with Gasteiger partial charge in [0.2, 0.25) is 5.91 Å². The smallest absolute Gasteiger partial charge is 0.257 e. The van der Waals surface area contributed by atoms with Gasteiger partial charge < -0.3 is 14.9 Å². The maximum absolute atomic E-state index is 12.6. The first-order valence-electron chi connectivity index (χ1n) is 9.31. The summed E-state index contributed by atoms with van der Waals surface area (Å²) in [4.78, 5) is 37.3. The maximum atomic E-state index is 12.6. The minimum absolute atomic E-state index is 0.00249. The Morgan fingerprint density at radius 2 is 1.79 bits per heavy atom. The van der Waals surface area contributed by atoms with E-state index in [1.54, 1.807) is 40.4 Å². The molecule has 29 heavy (non-hydrogen) atoms. The van der Waals surface area contributed by atoms with Crippen molar-refractivity contribution >= 4 is 23.2 Å². The van der Waals surface area contributed by atoms with Crippen LogP contribution < -0.4 is 0 Å². The van der Waals surface area contributed by atoms with Gasteiger partial charge in [-0.3, -0.25) is 14.6 Å². The lowest BCUT2D eigenvalue weighted by atomic mass is 10.1. The molecule has 3 aromatic rings. The van der Waals surface area contributed by atoms with E-state index >= 15 is 0 Å². The van der Waals surface area contributed by atoms with Gasteiger partial charge >= 0.3 is 0 Å². The van der Waals surface area contributed by atoms with Crippen molar-refractivity contribution in [3.8, 4) is 16.3 Å². The molecule has 1 aromatic carbocycles. The van der Waals surface area contributed by atoms with Crippen molar-refractivity contribution in [2.45, 2.75) is 6.42 Å². The third-order valence-electron chi connectivity index (χ3n) is 4.85. The molecule has 3 heterocycles. The second kappa shape index (κ2) is 8.40. The van der Waals surface area contributed by atoms with Crippen LogP contribution in [0.2, 0.25) is 0 Å². The summed E-state index contributed by atoms with van der Waals surface area (Å²) in [6.07, 6.45) is 3.71. The number of pyridine rings is 1. The van der Waals surface area contributed by atoms with Gasteiger partial charge in [0.1, 0.15) is 10.8 Å². The largest absolute Gasteiger partial charge is 0.507 e. The van der Waals surface area contributed by atoms with Gasteiger partial charge in [0, 0.05) is 49.5 Å². The quantitative estimate of drug-likeness (QED) is 0.717. The van der Waals surface area contributed by atoms with Crippen LogP contribution in [0.25, 0.3) is 10.6 Å². The minimum Gasteiger partial charge on any atom is -0.507 e. The predicted molar refractivity (Wildman–Crippen MR) is 110 cm³/mol. The molecule has 1 aliphatic rings. The van der Waals surface area contributed by atoms with Crippen LogP contribution in [0, 0.1) is 0 Å². The highest BCUT2D eigenvalue weighted by molar-refractivity contribution is 7.13. The summed E-state index contributed by atoms with van der Waals surface area (Å²) in [6, 6.07) is 10.3. The highest BCUT2D eigenvalue weighted by atomic mass is 32.1. The molecule has 4 rings (SSSR count). The number of hydrogen-bond acceptors (Lipinski definition) is 6. The van der Waals surface area contributed by atoms with Gasteiger partial charge in [0.05, 0.1) is 17.7 Å². The van der Waals surface area contributed by atoms with E-state index in [1.807, 2.05) is 17.5 Å². The fourth-order valence-electron chi connectivity index (χ4n) is 3.26. The molecule has 0 aliphatic carbocycles. The van der Waals surface area contributed by atoms with Crippen LogP contribution in [0.5, 0.6) is 5.75 Å². The van der Waals surface area contributed by atoms with Crippen LogP contribution in [0.15, 0.2) is 54.2 Å². The van der Waals surface area contributed by atoms with Crippen molar-refractivity contribution in [3.05, 3.63) is 65.4 Å². The van der Waals surface area contributed by atoms with E-state index in [2.05, 4.69) is 9.97 Å². The van der Waals surface area contributed by atoms with Crippen LogP contribution >= 0.6 is 11.3 Å². The Kier molecular flexibility index (Phi) is 5.53. The van der Waals surface area contributed by atoms with Gasteiger partial charge in [-0.25, -0.2) is 4.98 Å². The highest BCUT2D eigenvalue weighted by Crippen LogP contribution is 2.23. The van der Waals surface area contributed by atoms with E-state index < -0.39 is 0 Å². The lowest BCUT2D eigenvalue weighted by molar-refractivity contribution is -0.132. The number of aromatic nitrogens is 2. The van der Waals surface area contributed by atoms with Crippen LogP contribution in [-0.2, 0) is 11.2 Å². The fraction of sp³-hybridized carbons (Fsp3) is 0.238. The zero-order chi connectivity index (χ0) is 20.2. The minimum atomic E-state index is -0.212. The Balaban J connectivity index is 1.33. The molecule has 148 valence electrons. The number of nitrogens with zero attached hydrogens (tertiary/aromatic N) is 4. The standard InChI is InChI=1S/C21H20N4O3S/c26-18-6-2-1-5-17(18)21(28)25-10-8-24(9-11-25)19(27)12-16-14-29-20(23-16)15-4-3-7-22-13-15/h1-7,13-14,26H,8-12H2. The van der Waals surface area contributed by atoms with Crippen molar-refractivity contribution in [3.63, 3.8) is 0 Å². The van der Waals surface area contributed by atoms with E-state index in [0.29, 0.717) is 26.2 Å². The Labute approximate surface area is 172 Å². The molecule has 0 saturated carbocycles. The number of amides is 2. The lowest BCUT2D eigenvalue weighted by Crippen LogP contribution is -2.51. The lowest BCUT2D eigenvalue weighted by Gasteiger charge is -2.34. The number of thiazole rings is 1. The molecule has 1 saturated heterocycles. The summed E-state index contributed by atoms with van der Waals surface area (Å²) in [5.74, 6) is -0.234. The average molecular weight is 408 g/mol. The Morgan fingerprint density at radius 3 is 2.52 bits per heavy atom. The first kappa shape index (κ1) is 19.1. The SMILES string of the molecule is O=C(Cc1csc(-c2cccnc2)n1)N1CCN(C(=O)c2ccccc2O)CC1. The van der Waals surface area contributed by atoms with E-state index in [9.17, 15) is 14.7 Å². The zero-order valence-corrected chi connectivity index (χ0v) is 16.5. The molecular formula is C21H20N4O3S. The van der Waals surface area contributed by atoms with Crippen LogP contribution in [-0.4, -0.2) is 62.9 Å². The van der Waals surface area contributed by atoms with Crippen molar-refractivity contribution < 1.29 is 14.7 Å². The summed E-state index contributed by atoms with van der Waals surface area (Å²) in [5, 5.41) is 12.6. The highest BCUT2D eigenvalue weighted by Gasteiger charge is 2.26. The molecule has 0 radical (unpaired) electrons. The summed E-state index contributed by atoms with van der Waals surface area (Å²) in [5.41, 5.74) is 1.97. The van der Waals surface area contributed by atoms with Gasteiger partial charge in [0.25, 0.3) is 5.91 Å². The number of carbonyl (C=O) groups is 2. The number of hydrogen-bond donors (Lipinski definition) is 1. The van der Waals surface area contributed by atoms with Crippen molar-refractivity contribution in [2.24, 2.45) is 0 Å². The maximum Gasteiger partial charge on any atom is 0.257 e. The normalized spacial score (nSPS) is 14.1. The molecule has 2 amide bonds.